The fraction of sp³-hybridized carbons (Fsp3) is 1.00. The fourth-order valence-corrected chi connectivity index (χ4v) is 3.50. The zero-order valence-electron chi connectivity index (χ0n) is 12.0. The molecule has 0 aromatic heterocycles. The van der Waals surface area contributed by atoms with E-state index in [1.165, 1.54) is 19.1 Å². The van der Waals surface area contributed by atoms with Crippen molar-refractivity contribution in [3.05, 3.63) is 0 Å². The van der Waals surface area contributed by atoms with Gasteiger partial charge in [-0.2, -0.15) is 0 Å². The van der Waals surface area contributed by atoms with Crippen molar-refractivity contribution in [2.24, 2.45) is 11.7 Å². The number of nitrogens with two attached hydrogens (primary N) is 1. The van der Waals surface area contributed by atoms with Crippen molar-refractivity contribution in [1.29, 1.82) is 0 Å². The van der Waals surface area contributed by atoms with Crippen molar-refractivity contribution in [3.8, 4) is 0 Å². The van der Waals surface area contributed by atoms with Crippen LogP contribution in [-0.4, -0.2) is 51.0 Å². The van der Waals surface area contributed by atoms with E-state index < -0.39 is 9.84 Å². The Labute approximate surface area is 112 Å². The fourth-order valence-electron chi connectivity index (χ4n) is 2.84. The summed E-state index contributed by atoms with van der Waals surface area (Å²) in [5, 5.41) is 0. The second-order valence-electron chi connectivity index (χ2n) is 6.02. The molecule has 0 amide bonds. The van der Waals surface area contributed by atoms with Crippen molar-refractivity contribution in [2.45, 2.75) is 44.6 Å². The first-order valence-electron chi connectivity index (χ1n) is 6.88. The average Bonchev–Trinajstić information content (AvgIpc) is 2.28. The number of rotatable bonds is 6. The van der Waals surface area contributed by atoms with Gasteiger partial charge in [-0.3, -0.25) is 4.90 Å². The zero-order chi connectivity index (χ0) is 13.8. The van der Waals surface area contributed by atoms with E-state index in [2.05, 4.69) is 18.9 Å². The van der Waals surface area contributed by atoms with Crippen LogP contribution in [0.4, 0.5) is 0 Å². The van der Waals surface area contributed by atoms with Gasteiger partial charge >= 0.3 is 0 Å². The van der Waals surface area contributed by atoms with Crippen molar-refractivity contribution in [3.63, 3.8) is 0 Å². The van der Waals surface area contributed by atoms with Crippen molar-refractivity contribution >= 4 is 9.84 Å². The summed E-state index contributed by atoms with van der Waals surface area (Å²) < 4.78 is 22.3. The minimum absolute atomic E-state index is 0.101. The van der Waals surface area contributed by atoms with Gasteiger partial charge in [-0.1, -0.05) is 6.92 Å². The van der Waals surface area contributed by atoms with Crippen LogP contribution < -0.4 is 5.73 Å². The molecular weight excluding hydrogens is 248 g/mol. The molecule has 1 rings (SSSR count). The van der Waals surface area contributed by atoms with Crippen LogP contribution in [0, 0.1) is 5.92 Å². The van der Waals surface area contributed by atoms with Gasteiger partial charge in [0.25, 0.3) is 0 Å². The molecule has 0 saturated heterocycles. The van der Waals surface area contributed by atoms with Gasteiger partial charge < -0.3 is 5.73 Å². The van der Waals surface area contributed by atoms with Gasteiger partial charge in [0.1, 0.15) is 9.84 Å². The normalized spacial score (nSPS) is 29.7. The van der Waals surface area contributed by atoms with Gasteiger partial charge in [0, 0.05) is 18.3 Å². The lowest BCUT2D eigenvalue weighted by Gasteiger charge is -2.45. The van der Waals surface area contributed by atoms with E-state index in [-0.39, 0.29) is 11.3 Å². The third-order valence-corrected chi connectivity index (χ3v) is 5.43. The first-order valence-corrected chi connectivity index (χ1v) is 8.94. The number of nitrogens with zero attached hydrogens (tertiary/aromatic N) is 1. The summed E-state index contributed by atoms with van der Waals surface area (Å²) in [6.07, 6.45) is 6.74. The van der Waals surface area contributed by atoms with Crippen molar-refractivity contribution in [2.75, 3.05) is 32.1 Å². The smallest absolute Gasteiger partial charge is 0.147 e. The Morgan fingerprint density at radius 1 is 1.33 bits per heavy atom. The molecule has 1 saturated carbocycles. The molecule has 108 valence electrons. The molecule has 0 heterocycles. The maximum absolute atomic E-state index is 11.1. The summed E-state index contributed by atoms with van der Waals surface area (Å²) in [6, 6.07) is 0. The van der Waals surface area contributed by atoms with E-state index in [0.29, 0.717) is 13.0 Å². The summed E-state index contributed by atoms with van der Waals surface area (Å²) in [6.45, 7) is 3.79. The molecule has 0 unspecified atom stereocenters. The van der Waals surface area contributed by atoms with Gasteiger partial charge in [-0.25, -0.2) is 8.42 Å². The lowest BCUT2D eigenvalue weighted by atomic mass is 9.76. The Hall–Kier alpha value is -0.130. The predicted octanol–water partition coefficient (Wildman–Crippen LogP) is 1.26. The second kappa shape index (κ2) is 6.35. The van der Waals surface area contributed by atoms with Gasteiger partial charge in [0.05, 0.1) is 5.75 Å². The van der Waals surface area contributed by atoms with E-state index in [4.69, 9.17) is 5.73 Å². The van der Waals surface area contributed by atoms with Crippen LogP contribution in [0.3, 0.4) is 0 Å². The largest absolute Gasteiger partial charge is 0.329 e. The van der Waals surface area contributed by atoms with E-state index in [0.717, 1.165) is 25.3 Å². The maximum Gasteiger partial charge on any atom is 0.147 e. The quantitative estimate of drug-likeness (QED) is 0.793. The van der Waals surface area contributed by atoms with Crippen LogP contribution in [0.1, 0.15) is 39.0 Å². The highest BCUT2D eigenvalue weighted by molar-refractivity contribution is 7.90. The molecule has 0 bridgehead atoms. The molecule has 0 aromatic rings. The second-order valence-corrected chi connectivity index (χ2v) is 8.28. The molecule has 1 fully saturated rings. The lowest BCUT2D eigenvalue weighted by molar-refractivity contribution is 0.0682. The Morgan fingerprint density at radius 3 is 2.33 bits per heavy atom. The van der Waals surface area contributed by atoms with Gasteiger partial charge in [-0.15, -0.1) is 0 Å². The highest BCUT2D eigenvalue weighted by Gasteiger charge is 2.36. The summed E-state index contributed by atoms with van der Waals surface area (Å²) in [5.41, 5.74) is 6.08. The monoisotopic (exact) mass is 276 g/mol. The van der Waals surface area contributed by atoms with Gasteiger partial charge in [0.2, 0.25) is 0 Å². The van der Waals surface area contributed by atoms with Crippen molar-refractivity contribution in [1.82, 2.24) is 4.90 Å². The molecule has 4 nitrogen and oxygen atoms in total. The molecule has 18 heavy (non-hydrogen) atoms. The minimum Gasteiger partial charge on any atom is -0.329 e. The van der Waals surface area contributed by atoms with E-state index in [1.54, 1.807) is 0 Å². The number of sulfone groups is 1. The van der Waals surface area contributed by atoms with E-state index in [9.17, 15) is 8.42 Å². The molecule has 2 N–H and O–H groups in total. The summed E-state index contributed by atoms with van der Waals surface area (Å²) in [7, 11) is -0.755. The average molecular weight is 276 g/mol. The highest BCUT2D eigenvalue weighted by Crippen LogP contribution is 2.35. The summed E-state index contributed by atoms with van der Waals surface area (Å²) in [5.74, 6) is 1.07. The lowest BCUT2D eigenvalue weighted by Crippen LogP contribution is -2.54. The predicted molar refractivity (Wildman–Crippen MR) is 76.4 cm³/mol. The Bertz CT molecular complexity index is 346. The third-order valence-electron chi connectivity index (χ3n) is 4.40. The van der Waals surface area contributed by atoms with Crippen molar-refractivity contribution < 1.29 is 8.42 Å². The van der Waals surface area contributed by atoms with Crippen LogP contribution in [-0.2, 0) is 9.84 Å². The third kappa shape index (κ3) is 4.52. The van der Waals surface area contributed by atoms with Crippen LogP contribution >= 0.6 is 0 Å². The minimum atomic E-state index is -2.84. The summed E-state index contributed by atoms with van der Waals surface area (Å²) >= 11 is 0. The molecule has 0 aromatic carbocycles. The molecular formula is C13H28N2O2S. The molecule has 0 spiro atoms. The number of likely N-dealkylation sites (N-methyl/N-ethyl adjacent to an activating group) is 1. The van der Waals surface area contributed by atoms with Gasteiger partial charge in [-0.05, 0) is 51.6 Å². The Balaban J connectivity index is 2.49. The number of hydrogen-bond acceptors (Lipinski definition) is 4. The van der Waals surface area contributed by atoms with Crippen LogP contribution in [0.25, 0.3) is 0 Å². The zero-order valence-corrected chi connectivity index (χ0v) is 12.8. The molecule has 0 radical (unpaired) electrons. The molecule has 0 aliphatic heterocycles. The standard InChI is InChI=1S/C13H28N2O2S/c1-12-5-7-13(11-14,8-6-12)15(2)9-4-10-18(3,16)17/h12H,4-11,14H2,1-3H3. The first-order chi connectivity index (χ1) is 8.29. The van der Waals surface area contributed by atoms with Crippen LogP contribution in [0.2, 0.25) is 0 Å². The topological polar surface area (TPSA) is 63.4 Å². The molecule has 0 atom stereocenters. The van der Waals surface area contributed by atoms with E-state index >= 15 is 0 Å². The molecule has 1 aliphatic rings. The Morgan fingerprint density at radius 2 is 1.89 bits per heavy atom. The number of hydrogen-bond donors (Lipinski definition) is 1. The molecule has 1 aliphatic carbocycles. The van der Waals surface area contributed by atoms with E-state index in [1.807, 2.05) is 0 Å². The highest BCUT2D eigenvalue weighted by atomic mass is 32.2. The van der Waals surface area contributed by atoms with Crippen LogP contribution in [0.5, 0.6) is 0 Å². The SMILES string of the molecule is CC1CCC(CN)(N(C)CCCS(C)(=O)=O)CC1. The Kier molecular flexibility index (Phi) is 5.62. The van der Waals surface area contributed by atoms with Gasteiger partial charge in [0.15, 0.2) is 0 Å². The first kappa shape index (κ1) is 15.9. The maximum atomic E-state index is 11.1. The van der Waals surface area contributed by atoms with Crippen LogP contribution in [0.15, 0.2) is 0 Å². The molecule has 5 heteroatoms. The summed E-state index contributed by atoms with van der Waals surface area (Å²) in [4.78, 5) is 2.30.